The Bertz CT molecular complexity index is 1760. The molecule has 1 N–H and O–H groups in total. The number of rotatable bonds is 11. The number of anilines is 4. The predicted octanol–water partition coefficient (Wildman–Crippen LogP) is 6.24. The number of piperidine rings is 1. The second-order valence-electron chi connectivity index (χ2n) is 13.2. The highest BCUT2D eigenvalue weighted by Crippen LogP contribution is 2.37. The fourth-order valence-electron chi connectivity index (χ4n) is 6.57. The van der Waals surface area contributed by atoms with Crippen LogP contribution in [0.2, 0.25) is 0 Å². The SMILES string of the molecule is CN(C)CCN(C)c1ccc(Nc2ccc(-c3nc(N4CCOCC4)c4onc(C5CCN(Cc6ccccc6)CC5)c4n3)cc2)cc1. The minimum absolute atomic E-state index is 0.296. The van der Waals surface area contributed by atoms with Gasteiger partial charge in [-0.3, -0.25) is 4.90 Å². The molecule has 0 atom stereocenters. The predicted molar refractivity (Wildman–Crippen MR) is 193 cm³/mol. The molecule has 0 spiro atoms. The van der Waals surface area contributed by atoms with Crippen molar-refractivity contribution in [1.29, 1.82) is 0 Å². The van der Waals surface area contributed by atoms with E-state index in [9.17, 15) is 0 Å². The van der Waals surface area contributed by atoms with Crippen LogP contribution < -0.4 is 15.1 Å². The number of likely N-dealkylation sites (N-methyl/N-ethyl adjacent to an activating group) is 2. The molecule has 0 radical (unpaired) electrons. The van der Waals surface area contributed by atoms with Crippen LogP contribution in [-0.2, 0) is 11.3 Å². The third-order valence-corrected chi connectivity index (χ3v) is 9.48. The number of hydrogen-bond donors (Lipinski definition) is 1. The van der Waals surface area contributed by atoms with Crippen molar-refractivity contribution < 1.29 is 9.26 Å². The van der Waals surface area contributed by atoms with Gasteiger partial charge >= 0.3 is 0 Å². The molecule has 5 aromatic rings. The number of hydrogen-bond acceptors (Lipinski definition) is 10. The number of benzene rings is 3. The zero-order chi connectivity index (χ0) is 32.9. The van der Waals surface area contributed by atoms with Crippen LogP contribution in [0.4, 0.5) is 22.9 Å². The standard InChI is InChI=1S/C38H46N8O2/c1-43(2)21-22-44(3)33-15-13-32(14-16-33)39-31-11-9-30(10-12-31)37-40-35-34(42-48-36(35)38(41-37)46-23-25-47-26-24-46)29-17-19-45(20-18-29)27-28-7-5-4-6-8-28/h4-16,29,39H,17-27H2,1-3H3. The molecule has 0 saturated carbocycles. The maximum absolute atomic E-state index is 6.05. The Morgan fingerprint density at radius 2 is 1.48 bits per heavy atom. The Hall–Kier alpha value is -4.51. The van der Waals surface area contributed by atoms with Gasteiger partial charge in [0, 0.05) is 68.3 Å². The molecule has 250 valence electrons. The van der Waals surface area contributed by atoms with Gasteiger partial charge in [0.1, 0.15) is 11.2 Å². The minimum atomic E-state index is 0.296. The van der Waals surface area contributed by atoms with E-state index in [0.717, 1.165) is 92.6 Å². The van der Waals surface area contributed by atoms with Gasteiger partial charge in [-0.25, -0.2) is 9.97 Å². The second kappa shape index (κ2) is 14.7. The van der Waals surface area contributed by atoms with Gasteiger partial charge in [0.05, 0.1) is 13.2 Å². The maximum Gasteiger partial charge on any atom is 0.227 e. The van der Waals surface area contributed by atoms with E-state index < -0.39 is 0 Å². The fraction of sp³-hybridized carbons (Fsp3) is 0.395. The number of ether oxygens (including phenoxy) is 1. The lowest BCUT2D eigenvalue weighted by Gasteiger charge is -2.31. The van der Waals surface area contributed by atoms with Crippen LogP contribution in [0.5, 0.6) is 0 Å². The molecule has 10 heteroatoms. The summed E-state index contributed by atoms with van der Waals surface area (Å²) >= 11 is 0. The highest BCUT2D eigenvalue weighted by atomic mass is 16.5. The van der Waals surface area contributed by atoms with E-state index >= 15 is 0 Å². The van der Waals surface area contributed by atoms with Crippen molar-refractivity contribution in [2.24, 2.45) is 0 Å². The summed E-state index contributed by atoms with van der Waals surface area (Å²) in [6.07, 6.45) is 2.04. The van der Waals surface area contributed by atoms with Crippen LogP contribution in [0.1, 0.15) is 30.0 Å². The van der Waals surface area contributed by atoms with Crippen LogP contribution in [0.3, 0.4) is 0 Å². The summed E-state index contributed by atoms with van der Waals surface area (Å²) in [4.78, 5) is 19.4. The molecule has 2 aromatic heterocycles. The first kappa shape index (κ1) is 32.1. The smallest absolute Gasteiger partial charge is 0.227 e. The summed E-state index contributed by atoms with van der Waals surface area (Å²) in [7, 11) is 6.33. The van der Waals surface area contributed by atoms with Crippen molar-refractivity contribution in [3.63, 3.8) is 0 Å². The van der Waals surface area contributed by atoms with E-state index in [1.807, 2.05) is 0 Å². The summed E-state index contributed by atoms with van der Waals surface area (Å²) in [5.74, 6) is 1.78. The van der Waals surface area contributed by atoms with Crippen molar-refractivity contribution in [2.75, 3.05) is 88.7 Å². The van der Waals surface area contributed by atoms with Gasteiger partial charge in [0.2, 0.25) is 5.58 Å². The van der Waals surface area contributed by atoms with E-state index in [-0.39, 0.29) is 0 Å². The van der Waals surface area contributed by atoms with Gasteiger partial charge in [-0.1, -0.05) is 35.5 Å². The van der Waals surface area contributed by atoms with E-state index in [4.69, 9.17) is 19.2 Å². The molecule has 48 heavy (non-hydrogen) atoms. The summed E-state index contributed by atoms with van der Waals surface area (Å²) in [5.41, 5.74) is 8.04. The molecule has 0 bridgehead atoms. The molecule has 2 aliphatic heterocycles. The normalized spacial score (nSPS) is 16.1. The molecule has 4 heterocycles. The average molecular weight is 647 g/mol. The summed E-state index contributed by atoms with van der Waals surface area (Å²) in [6.45, 7) is 7.85. The molecular weight excluding hydrogens is 600 g/mol. The number of likely N-dealkylation sites (tertiary alicyclic amines) is 1. The number of nitrogens with one attached hydrogen (secondary N) is 1. The molecule has 0 unspecified atom stereocenters. The Morgan fingerprint density at radius 1 is 0.792 bits per heavy atom. The van der Waals surface area contributed by atoms with Crippen LogP contribution >= 0.6 is 0 Å². The van der Waals surface area contributed by atoms with Gasteiger partial charge in [-0.05, 0) is 94.1 Å². The first-order chi connectivity index (χ1) is 23.5. The van der Waals surface area contributed by atoms with Crippen LogP contribution in [0, 0.1) is 0 Å². The van der Waals surface area contributed by atoms with E-state index in [1.54, 1.807) is 0 Å². The van der Waals surface area contributed by atoms with Crippen LogP contribution in [0.15, 0.2) is 83.4 Å². The third-order valence-electron chi connectivity index (χ3n) is 9.48. The Labute approximate surface area is 283 Å². The topological polar surface area (TPSA) is 86.0 Å². The molecule has 2 aliphatic rings. The molecule has 7 rings (SSSR count). The van der Waals surface area contributed by atoms with Crippen molar-refractivity contribution >= 4 is 34.0 Å². The van der Waals surface area contributed by atoms with E-state index in [1.165, 1.54) is 11.3 Å². The lowest BCUT2D eigenvalue weighted by Crippen LogP contribution is -2.37. The maximum atomic E-state index is 6.05. The summed E-state index contributed by atoms with van der Waals surface area (Å²) in [5, 5.41) is 8.18. The molecule has 0 aliphatic carbocycles. The van der Waals surface area contributed by atoms with E-state index in [0.29, 0.717) is 30.5 Å². The van der Waals surface area contributed by atoms with Gasteiger partial charge in [-0.15, -0.1) is 0 Å². The highest BCUT2D eigenvalue weighted by molar-refractivity contribution is 5.88. The lowest BCUT2D eigenvalue weighted by molar-refractivity contribution is 0.122. The largest absolute Gasteiger partial charge is 0.378 e. The van der Waals surface area contributed by atoms with Crippen molar-refractivity contribution in [1.82, 2.24) is 24.9 Å². The number of nitrogens with zero attached hydrogens (tertiary/aromatic N) is 7. The molecular formula is C38H46N8O2. The minimum Gasteiger partial charge on any atom is -0.378 e. The summed E-state index contributed by atoms with van der Waals surface area (Å²) < 4.78 is 11.7. The van der Waals surface area contributed by atoms with E-state index in [2.05, 4.69) is 130 Å². The van der Waals surface area contributed by atoms with Crippen molar-refractivity contribution in [3.05, 3.63) is 90.1 Å². The molecule has 10 nitrogen and oxygen atoms in total. The highest BCUT2D eigenvalue weighted by Gasteiger charge is 2.29. The van der Waals surface area contributed by atoms with Gasteiger partial charge in [-0.2, -0.15) is 0 Å². The lowest BCUT2D eigenvalue weighted by atomic mass is 9.92. The number of morpholine rings is 1. The van der Waals surface area contributed by atoms with Gasteiger partial charge < -0.3 is 29.3 Å². The third kappa shape index (κ3) is 7.46. The zero-order valence-corrected chi connectivity index (χ0v) is 28.3. The quantitative estimate of drug-likeness (QED) is 0.178. The monoisotopic (exact) mass is 646 g/mol. The van der Waals surface area contributed by atoms with Crippen LogP contribution in [-0.4, -0.2) is 98.5 Å². The summed E-state index contributed by atoms with van der Waals surface area (Å²) in [6, 6.07) is 27.6. The zero-order valence-electron chi connectivity index (χ0n) is 28.3. The van der Waals surface area contributed by atoms with Crippen molar-refractivity contribution in [3.8, 4) is 11.4 Å². The molecule has 3 aromatic carbocycles. The first-order valence-corrected chi connectivity index (χ1v) is 17.1. The average Bonchev–Trinajstić information content (AvgIpc) is 3.56. The number of aromatic nitrogens is 3. The van der Waals surface area contributed by atoms with Gasteiger partial charge in [0.15, 0.2) is 11.6 Å². The van der Waals surface area contributed by atoms with Crippen molar-refractivity contribution in [2.45, 2.75) is 25.3 Å². The van der Waals surface area contributed by atoms with Crippen LogP contribution in [0.25, 0.3) is 22.5 Å². The van der Waals surface area contributed by atoms with Gasteiger partial charge in [0.25, 0.3) is 0 Å². The molecule has 0 amide bonds. The molecule has 2 saturated heterocycles. The molecule has 2 fully saturated rings. The Balaban J connectivity index is 1.09. The second-order valence-corrected chi connectivity index (χ2v) is 13.2. The first-order valence-electron chi connectivity index (χ1n) is 17.1. The number of fused-ring (bicyclic) bond motifs is 1. The fourth-order valence-corrected chi connectivity index (χ4v) is 6.57. The Morgan fingerprint density at radius 3 is 2.17 bits per heavy atom. The Kier molecular flexibility index (Phi) is 9.83.